The Morgan fingerprint density at radius 3 is 2.35 bits per heavy atom. The average Bonchev–Trinajstić information content (AvgIpc) is 2.27. The quantitative estimate of drug-likeness (QED) is 0.767. The van der Waals surface area contributed by atoms with Gasteiger partial charge in [0.2, 0.25) is 5.91 Å². The van der Waals surface area contributed by atoms with Crippen molar-refractivity contribution in [1.82, 2.24) is 15.1 Å². The minimum atomic E-state index is 0.156. The van der Waals surface area contributed by atoms with Gasteiger partial charge >= 0.3 is 0 Å². The number of nitrogens with one attached hydrogen (secondary N) is 1. The van der Waals surface area contributed by atoms with Crippen molar-refractivity contribution >= 4 is 5.91 Å². The van der Waals surface area contributed by atoms with Gasteiger partial charge in [0.05, 0.1) is 5.92 Å². The Bertz CT molecular complexity index is 225. The SMILES string of the molecule is CC(C)CC(CN(C)C)C(=O)N1CCNCC1. The summed E-state index contributed by atoms with van der Waals surface area (Å²) in [4.78, 5) is 16.6. The van der Waals surface area contributed by atoms with Gasteiger partial charge in [-0.05, 0) is 26.4 Å². The minimum Gasteiger partial charge on any atom is -0.340 e. The van der Waals surface area contributed by atoms with E-state index in [0.717, 1.165) is 39.1 Å². The highest BCUT2D eigenvalue weighted by molar-refractivity contribution is 5.79. The smallest absolute Gasteiger partial charge is 0.227 e. The fraction of sp³-hybridized carbons (Fsp3) is 0.923. The third-order valence-electron chi connectivity index (χ3n) is 3.12. The van der Waals surface area contributed by atoms with Crippen LogP contribution in [0.1, 0.15) is 20.3 Å². The second kappa shape index (κ2) is 6.97. The number of hydrogen-bond donors (Lipinski definition) is 1. The molecule has 1 fully saturated rings. The molecule has 1 heterocycles. The van der Waals surface area contributed by atoms with E-state index in [0.29, 0.717) is 11.8 Å². The molecule has 0 aromatic heterocycles. The zero-order valence-electron chi connectivity index (χ0n) is 11.7. The number of amides is 1. The van der Waals surface area contributed by atoms with Crippen molar-refractivity contribution in [2.24, 2.45) is 11.8 Å². The van der Waals surface area contributed by atoms with Gasteiger partial charge < -0.3 is 15.1 Å². The summed E-state index contributed by atoms with van der Waals surface area (Å²) in [6.07, 6.45) is 0.987. The van der Waals surface area contributed by atoms with Crippen LogP contribution in [0.4, 0.5) is 0 Å². The number of rotatable bonds is 5. The third-order valence-corrected chi connectivity index (χ3v) is 3.12. The van der Waals surface area contributed by atoms with Crippen LogP contribution in [0, 0.1) is 11.8 Å². The van der Waals surface area contributed by atoms with E-state index < -0.39 is 0 Å². The van der Waals surface area contributed by atoms with Crippen LogP contribution < -0.4 is 5.32 Å². The minimum absolute atomic E-state index is 0.156. The van der Waals surface area contributed by atoms with Gasteiger partial charge in [-0.25, -0.2) is 0 Å². The lowest BCUT2D eigenvalue weighted by molar-refractivity contribution is -0.137. The molecule has 1 rings (SSSR count). The molecule has 0 spiro atoms. The Hall–Kier alpha value is -0.610. The summed E-state index contributed by atoms with van der Waals surface area (Å²) < 4.78 is 0. The molecule has 0 radical (unpaired) electrons. The van der Waals surface area contributed by atoms with Crippen molar-refractivity contribution in [1.29, 1.82) is 0 Å². The van der Waals surface area contributed by atoms with E-state index >= 15 is 0 Å². The van der Waals surface area contributed by atoms with Crippen LogP contribution in [0.2, 0.25) is 0 Å². The standard InChI is InChI=1S/C13H27N3O/c1-11(2)9-12(10-15(3)4)13(17)16-7-5-14-6-8-16/h11-12,14H,5-10H2,1-4H3. The second-order valence-electron chi connectivity index (χ2n) is 5.66. The number of carbonyl (C=O) groups is 1. The summed E-state index contributed by atoms with van der Waals surface area (Å²) in [7, 11) is 4.08. The first-order valence-electron chi connectivity index (χ1n) is 6.65. The van der Waals surface area contributed by atoms with E-state index in [1.54, 1.807) is 0 Å². The van der Waals surface area contributed by atoms with Crippen molar-refractivity contribution in [2.45, 2.75) is 20.3 Å². The summed E-state index contributed by atoms with van der Waals surface area (Å²) in [6.45, 7) is 8.83. The largest absolute Gasteiger partial charge is 0.340 e. The molecular formula is C13H27N3O. The molecule has 1 saturated heterocycles. The molecule has 0 bridgehead atoms. The van der Waals surface area contributed by atoms with Gasteiger partial charge in [-0.1, -0.05) is 13.8 Å². The molecule has 1 unspecified atom stereocenters. The Balaban J connectivity index is 2.56. The molecule has 0 saturated carbocycles. The Labute approximate surface area is 105 Å². The van der Waals surface area contributed by atoms with Crippen molar-refractivity contribution in [3.05, 3.63) is 0 Å². The fourth-order valence-electron chi connectivity index (χ4n) is 2.41. The molecule has 1 atom stereocenters. The molecule has 0 aliphatic carbocycles. The lowest BCUT2D eigenvalue weighted by Gasteiger charge is -2.32. The lowest BCUT2D eigenvalue weighted by Crippen LogP contribution is -2.49. The topological polar surface area (TPSA) is 35.6 Å². The molecule has 17 heavy (non-hydrogen) atoms. The Kier molecular flexibility index (Phi) is 5.92. The van der Waals surface area contributed by atoms with Crippen molar-refractivity contribution < 1.29 is 4.79 Å². The van der Waals surface area contributed by atoms with Gasteiger partial charge in [-0.15, -0.1) is 0 Å². The van der Waals surface area contributed by atoms with E-state index in [2.05, 4.69) is 24.1 Å². The summed E-state index contributed by atoms with van der Waals surface area (Å²) in [5.41, 5.74) is 0. The summed E-state index contributed by atoms with van der Waals surface area (Å²) in [5, 5.41) is 3.29. The maximum atomic E-state index is 12.4. The maximum Gasteiger partial charge on any atom is 0.227 e. The second-order valence-corrected chi connectivity index (χ2v) is 5.66. The number of hydrogen-bond acceptors (Lipinski definition) is 3. The molecule has 0 aromatic rings. The van der Waals surface area contributed by atoms with Crippen LogP contribution in [0.25, 0.3) is 0 Å². The van der Waals surface area contributed by atoms with Gasteiger partial charge in [0.25, 0.3) is 0 Å². The number of nitrogens with zero attached hydrogens (tertiary/aromatic N) is 2. The molecule has 4 nitrogen and oxygen atoms in total. The van der Waals surface area contributed by atoms with Crippen LogP contribution in [-0.4, -0.2) is 62.5 Å². The predicted molar refractivity (Wildman–Crippen MR) is 70.9 cm³/mol. The zero-order chi connectivity index (χ0) is 12.8. The average molecular weight is 241 g/mol. The highest BCUT2D eigenvalue weighted by atomic mass is 16.2. The molecule has 100 valence electrons. The van der Waals surface area contributed by atoms with Crippen LogP contribution in [0.5, 0.6) is 0 Å². The van der Waals surface area contributed by atoms with Gasteiger partial charge in [0.1, 0.15) is 0 Å². The highest BCUT2D eigenvalue weighted by Gasteiger charge is 2.26. The first kappa shape index (κ1) is 14.5. The van der Waals surface area contributed by atoms with Gasteiger partial charge in [0, 0.05) is 32.7 Å². The van der Waals surface area contributed by atoms with E-state index in [1.165, 1.54) is 0 Å². The summed E-state index contributed by atoms with van der Waals surface area (Å²) >= 11 is 0. The molecule has 1 N–H and O–H groups in total. The highest BCUT2D eigenvalue weighted by Crippen LogP contribution is 2.16. The van der Waals surface area contributed by atoms with Crippen LogP contribution >= 0.6 is 0 Å². The molecule has 4 heteroatoms. The van der Waals surface area contributed by atoms with Crippen LogP contribution in [0.15, 0.2) is 0 Å². The van der Waals surface area contributed by atoms with Crippen molar-refractivity contribution in [3.8, 4) is 0 Å². The van der Waals surface area contributed by atoms with Crippen molar-refractivity contribution in [3.63, 3.8) is 0 Å². The first-order chi connectivity index (χ1) is 8.00. The normalized spacial score (nSPS) is 18.8. The molecule has 1 aliphatic heterocycles. The molecule has 1 aliphatic rings. The predicted octanol–water partition coefficient (Wildman–Crippen LogP) is 0.642. The zero-order valence-corrected chi connectivity index (χ0v) is 11.7. The monoisotopic (exact) mass is 241 g/mol. The van der Waals surface area contributed by atoms with E-state index in [9.17, 15) is 4.79 Å². The maximum absolute atomic E-state index is 12.4. The van der Waals surface area contributed by atoms with Gasteiger partial charge in [-0.2, -0.15) is 0 Å². The molecule has 1 amide bonds. The number of piperazine rings is 1. The fourth-order valence-corrected chi connectivity index (χ4v) is 2.41. The summed E-state index contributed by atoms with van der Waals surface area (Å²) in [6, 6.07) is 0. The van der Waals surface area contributed by atoms with Gasteiger partial charge in [-0.3, -0.25) is 4.79 Å². The van der Waals surface area contributed by atoms with Crippen LogP contribution in [0.3, 0.4) is 0 Å². The lowest BCUT2D eigenvalue weighted by atomic mass is 9.95. The molecular weight excluding hydrogens is 214 g/mol. The molecule has 0 aromatic carbocycles. The summed E-state index contributed by atoms with van der Waals surface area (Å²) in [5.74, 6) is 1.07. The third kappa shape index (κ3) is 5.04. The van der Waals surface area contributed by atoms with E-state index in [-0.39, 0.29) is 5.92 Å². The first-order valence-corrected chi connectivity index (χ1v) is 6.65. The van der Waals surface area contributed by atoms with Crippen LogP contribution in [-0.2, 0) is 4.79 Å². The van der Waals surface area contributed by atoms with Gasteiger partial charge in [0.15, 0.2) is 0 Å². The Morgan fingerprint density at radius 2 is 1.88 bits per heavy atom. The number of carbonyl (C=O) groups excluding carboxylic acids is 1. The van der Waals surface area contributed by atoms with E-state index in [1.807, 2.05) is 19.0 Å². The van der Waals surface area contributed by atoms with Crippen molar-refractivity contribution in [2.75, 3.05) is 46.8 Å². The Morgan fingerprint density at radius 1 is 1.29 bits per heavy atom. The van der Waals surface area contributed by atoms with E-state index in [4.69, 9.17) is 0 Å².